The van der Waals surface area contributed by atoms with Crippen molar-refractivity contribution in [1.29, 1.82) is 0 Å². The van der Waals surface area contributed by atoms with Gasteiger partial charge in [0.1, 0.15) is 11.7 Å². The number of β-lactam (4-membered cyclic amide) rings is 1. The summed E-state index contributed by atoms with van der Waals surface area (Å²) in [7, 11) is 0. The maximum Gasteiger partial charge on any atom is 0.353 e. The third-order valence-corrected chi connectivity index (χ3v) is 6.99. The van der Waals surface area contributed by atoms with Gasteiger partial charge in [0.25, 0.3) is 11.8 Å². The van der Waals surface area contributed by atoms with Crippen LogP contribution in [-0.2, 0) is 14.4 Å². The van der Waals surface area contributed by atoms with E-state index in [1.165, 1.54) is 12.4 Å². The van der Waals surface area contributed by atoms with E-state index in [0.29, 0.717) is 27.7 Å². The van der Waals surface area contributed by atoms with Crippen LogP contribution in [0.5, 0.6) is 0 Å². The van der Waals surface area contributed by atoms with Crippen LogP contribution in [0.15, 0.2) is 39.1 Å². The molecule has 2 aliphatic rings. The summed E-state index contributed by atoms with van der Waals surface area (Å²) < 4.78 is 3.81. The number of amides is 2. The van der Waals surface area contributed by atoms with Crippen LogP contribution in [-0.4, -0.2) is 65.1 Å². The molecule has 5 N–H and O–H groups in total. The molecule has 4 rings (SSSR count). The molecule has 0 bridgehead atoms. The van der Waals surface area contributed by atoms with Gasteiger partial charge in [0, 0.05) is 33.7 Å². The zero-order chi connectivity index (χ0) is 23.0. The molecule has 1 saturated heterocycles. The van der Waals surface area contributed by atoms with Crippen molar-refractivity contribution in [2.45, 2.75) is 29.8 Å². The average Bonchev–Trinajstić information content (AvgIpc) is 3.19. The van der Waals surface area contributed by atoms with E-state index in [1.54, 1.807) is 6.07 Å². The number of nitrogen functional groups attached to an aromatic ring is 1. The monoisotopic (exact) mass is 495 g/mol. The van der Waals surface area contributed by atoms with Gasteiger partial charge in [-0.25, -0.2) is 4.79 Å². The van der Waals surface area contributed by atoms with Gasteiger partial charge in [0.2, 0.25) is 11.5 Å². The number of nitrogens with one attached hydrogen (secondary N) is 1. The number of pyridine rings is 1. The highest BCUT2D eigenvalue weighted by atomic mass is 35.5. The van der Waals surface area contributed by atoms with E-state index in [4.69, 9.17) is 17.3 Å². The lowest BCUT2D eigenvalue weighted by Crippen LogP contribution is -2.72. The molecule has 32 heavy (non-hydrogen) atoms. The molecule has 4 heterocycles. The smallest absolute Gasteiger partial charge is 0.353 e. The summed E-state index contributed by atoms with van der Waals surface area (Å²) in [4.78, 5) is 47.2. The van der Waals surface area contributed by atoms with Crippen molar-refractivity contribution < 1.29 is 24.7 Å². The molecule has 0 unspecified atom stereocenters. The number of carboxylic acid groups (broad SMARTS) is 1. The average molecular weight is 496 g/mol. The van der Waals surface area contributed by atoms with Gasteiger partial charge in [-0.2, -0.15) is 9.36 Å². The Balaban J connectivity index is 1.54. The predicted octanol–water partition coefficient (Wildman–Crippen LogP) is 0.925. The minimum absolute atomic E-state index is 0.0719. The summed E-state index contributed by atoms with van der Waals surface area (Å²) in [5.41, 5.74) is 4.83. The second kappa shape index (κ2) is 8.72. The summed E-state index contributed by atoms with van der Waals surface area (Å²) in [5, 5.41) is 24.8. The number of carboxylic acids is 1. The number of allylic oxidation sites excluding steroid dienone is 1. The van der Waals surface area contributed by atoms with Gasteiger partial charge in [-0.05, 0) is 18.9 Å². The molecule has 1 fully saturated rings. The molecule has 2 aromatic rings. The molecule has 0 spiro atoms. The van der Waals surface area contributed by atoms with Crippen LogP contribution in [0.25, 0.3) is 0 Å². The summed E-state index contributed by atoms with van der Waals surface area (Å²) in [6.45, 7) is 0. The Kier molecular flexibility index (Phi) is 5.99. The molecule has 2 aliphatic heterocycles. The number of anilines is 1. The van der Waals surface area contributed by atoms with Gasteiger partial charge < -0.3 is 21.4 Å². The number of nitrogens with two attached hydrogens (primary N) is 1. The van der Waals surface area contributed by atoms with Gasteiger partial charge in [-0.1, -0.05) is 28.5 Å². The fourth-order valence-corrected chi connectivity index (χ4v) is 5.15. The fraction of sp³-hybridized carbons (Fsp3) is 0.235. The second-order valence-electron chi connectivity index (χ2n) is 6.66. The number of halogens is 1. The lowest BCUT2D eigenvalue weighted by Gasteiger charge is -2.50. The van der Waals surface area contributed by atoms with Crippen LogP contribution in [0.3, 0.4) is 0 Å². The number of hydrogen-bond donors (Lipinski definition) is 4. The Morgan fingerprint density at radius 2 is 2.22 bits per heavy atom. The number of rotatable bonds is 6. The fourth-order valence-electron chi connectivity index (χ4n) is 3.44. The molecule has 0 saturated carbocycles. The Bertz CT molecular complexity index is 1180. The number of aliphatic carboxylic acids is 1. The minimum atomic E-state index is -1.26. The first-order valence-corrected chi connectivity index (χ1v) is 11.0. The first-order chi connectivity index (χ1) is 15.3. The van der Waals surface area contributed by atoms with E-state index in [2.05, 4.69) is 24.8 Å². The molecule has 0 radical (unpaired) electrons. The number of aromatic nitrogens is 3. The van der Waals surface area contributed by atoms with E-state index in [0.717, 1.165) is 28.2 Å². The SMILES string of the molecule is Nc1nc(/C(=N/O)C(=O)N[C@@H]2C(=O)N3C(C(=O)O)=C(Sc4ccncc4Cl)CC[C@H]23)ns1. The first-order valence-electron chi connectivity index (χ1n) is 9.01. The zero-order valence-corrected chi connectivity index (χ0v) is 18.3. The number of fused-ring (bicyclic) bond motifs is 1. The summed E-state index contributed by atoms with van der Waals surface area (Å²) in [6, 6.07) is 0.102. The Hall–Kier alpha value is -3.23. The molecule has 2 aromatic heterocycles. The minimum Gasteiger partial charge on any atom is -0.477 e. The summed E-state index contributed by atoms with van der Waals surface area (Å²) in [6.07, 6.45) is 3.75. The molecule has 0 aromatic carbocycles. The van der Waals surface area contributed by atoms with Gasteiger partial charge in [-0.3, -0.25) is 19.5 Å². The van der Waals surface area contributed by atoms with Crippen molar-refractivity contribution in [2.75, 3.05) is 5.73 Å². The molecule has 166 valence electrons. The predicted molar refractivity (Wildman–Crippen MR) is 114 cm³/mol. The maximum absolute atomic E-state index is 12.8. The molecule has 12 nitrogen and oxygen atoms in total. The van der Waals surface area contributed by atoms with Crippen molar-refractivity contribution in [3.63, 3.8) is 0 Å². The normalized spacial score (nSPS) is 20.6. The summed E-state index contributed by atoms with van der Waals surface area (Å²) in [5.74, 6) is -2.92. The molecule has 0 aliphatic carbocycles. The van der Waals surface area contributed by atoms with E-state index in [-0.39, 0.29) is 16.7 Å². The van der Waals surface area contributed by atoms with Gasteiger partial charge >= 0.3 is 5.97 Å². The third-order valence-electron chi connectivity index (χ3n) is 4.82. The van der Waals surface area contributed by atoms with E-state index in [1.807, 2.05) is 0 Å². The molecule has 2 amide bonds. The number of hydrogen-bond acceptors (Lipinski definition) is 11. The maximum atomic E-state index is 12.8. The molecular weight excluding hydrogens is 482 g/mol. The van der Waals surface area contributed by atoms with Gasteiger partial charge in [0.05, 0.1) is 11.1 Å². The van der Waals surface area contributed by atoms with Crippen LogP contribution >= 0.6 is 34.9 Å². The number of carbonyl (C=O) groups excluding carboxylic acids is 2. The van der Waals surface area contributed by atoms with Crippen molar-refractivity contribution in [3.8, 4) is 0 Å². The van der Waals surface area contributed by atoms with Crippen molar-refractivity contribution >= 4 is 63.5 Å². The number of thioether (sulfide) groups is 1. The van der Waals surface area contributed by atoms with Crippen LogP contribution in [0.2, 0.25) is 5.02 Å². The Labute approximate surface area is 193 Å². The Morgan fingerprint density at radius 3 is 2.84 bits per heavy atom. The van der Waals surface area contributed by atoms with Crippen molar-refractivity contribution in [1.82, 2.24) is 24.6 Å². The lowest BCUT2D eigenvalue weighted by molar-refractivity contribution is -0.155. The number of oxime groups is 1. The summed E-state index contributed by atoms with van der Waals surface area (Å²) >= 11 is 8.09. The van der Waals surface area contributed by atoms with Crippen molar-refractivity contribution in [3.05, 3.63) is 39.9 Å². The van der Waals surface area contributed by atoms with Crippen LogP contribution < -0.4 is 11.1 Å². The number of nitrogens with zero attached hydrogens (tertiary/aromatic N) is 5. The third kappa shape index (κ3) is 3.87. The zero-order valence-electron chi connectivity index (χ0n) is 15.9. The molecule has 15 heteroatoms. The second-order valence-corrected chi connectivity index (χ2v) is 8.98. The lowest BCUT2D eigenvalue weighted by atomic mass is 9.86. The van der Waals surface area contributed by atoms with Crippen LogP contribution in [0, 0.1) is 0 Å². The highest BCUT2D eigenvalue weighted by molar-refractivity contribution is 8.03. The van der Waals surface area contributed by atoms with E-state index < -0.39 is 35.6 Å². The largest absolute Gasteiger partial charge is 0.477 e. The van der Waals surface area contributed by atoms with E-state index >= 15 is 0 Å². The van der Waals surface area contributed by atoms with Crippen LogP contribution in [0.4, 0.5) is 5.13 Å². The van der Waals surface area contributed by atoms with E-state index in [9.17, 15) is 24.7 Å². The van der Waals surface area contributed by atoms with Gasteiger partial charge in [-0.15, -0.1) is 0 Å². The highest BCUT2D eigenvalue weighted by Gasteiger charge is 2.54. The first kappa shape index (κ1) is 22.0. The molecule has 2 atom stereocenters. The highest BCUT2D eigenvalue weighted by Crippen LogP contribution is 2.44. The quantitative estimate of drug-likeness (QED) is 0.194. The standard InChI is InChI=1S/C17H14ClN7O5S2/c18-6-5-20-4-3-8(6)31-9-2-1-7-10(15(27)25(7)12(9)16(28)29)21-14(26)11(23-30)13-22-17(19)32-24-13/h3-5,7,10,30H,1-2H2,(H,21,26)(H,28,29)(H2,19,22,24)/b23-11-/t7-,10+/m1/s1. The van der Waals surface area contributed by atoms with Crippen molar-refractivity contribution in [2.24, 2.45) is 5.16 Å². The Morgan fingerprint density at radius 1 is 1.44 bits per heavy atom. The molecular formula is C17H14ClN7O5S2. The van der Waals surface area contributed by atoms with Gasteiger partial charge in [0.15, 0.2) is 5.13 Å². The topological polar surface area (TPSA) is 184 Å². The van der Waals surface area contributed by atoms with Crippen LogP contribution in [0.1, 0.15) is 18.7 Å². The number of carbonyl (C=O) groups is 3.